The molecule has 2 rings (SSSR count). The number of fused-ring (bicyclic) bond motifs is 2. The van der Waals surface area contributed by atoms with Gasteiger partial charge in [0.05, 0.1) is 0 Å². The molecule has 1 N–H and O–H groups in total. The van der Waals surface area contributed by atoms with Crippen molar-refractivity contribution in [3.8, 4) is 0 Å². The zero-order chi connectivity index (χ0) is 18.9. The molecule has 0 aliphatic heterocycles. The van der Waals surface area contributed by atoms with Gasteiger partial charge in [-0.3, -0.25) is 0 Å². The van der Waals surface area contributed by atoms with Gasteiger partial charge in [0.25, 0.3) is 5.60 Å². The molecule has 0 saturated heterocycles. The van der Waals surface area contributed by atoms with E-state index in [9.17, 15) is 31.4 Å². The maximum atomic E-state index is 13.3. The van der Waals surface area contributed by atoms with Gasteiger partial charge in [-0.05, 0) is 47.8 Å². The van der Waals surface area contributed by atoms with Gasteiger partial charge in [-0.2, -0.15) is 26.3 Å². The first-order valence-electron chi connectivity index (χ1n) is 8.39. The predicted octanol–water partition coefficient (Wildman–Crippen LogP) is 5.43. The molecule has 7 heteroatoms. The number of alkyl halides is 6. The molecule has 0 spiro atoms. The van der Waals surface area contributed by atoms with Gasteiger partial charge in [-0.25, -0.2) is 0 Å². The lowest BCUT2D eigenvalue weighted by Gasteiger charge is -2.49. The molecule has 0 aromatic heterocycles. The summed E-state index contributed by atoms with van der Waals surface area (Å²) < 4.78 is 79.6. The molecular weight excluding hydrogens is 334 g/mol. The molecule has 1 nitrogen and oxygen atoms in total. The van der Waals surface area contributed by atoms with E-state index >= 15 is 0 Å². The molecule has 142 valence electrons. The van der Waals surface area contributed by atoms with Crippen LogP contribution in [-0.4, -0.2) is 23.1 Å². The second-order valence-electron chi connectivity index (χ2n) is 8.98. The van der Waals surface area contributed by atoms with E-state index in [0.29, 0.717) is 6.42 Å². The zero-order valence-electron chi connectivity index (χ0n) is 14.6. The van der Waals surface area contributed by atoms with Crippen LogP contribution in [-0.2, 0) is 0 Å². The molecule has 2 aliphatic carbocycles. The van der Waals surface area contributed by atoms with Gasteiger partial charge in [0.15, 0.2) is 0 Å². The highest BCUT2D eigenvalue weighted by Crippen LogP contribution is 2.67. The molecule has 0 amide bonds. The summed E-state index contributed by atoms with van der Waals surface area (Å²) in [5.41, 5.74) is -4.80. The zero-order valence-corrected chi connectivity index (χ0v) is 14.6. The van der Waals surface area contributed by atoms with Gasteiger partial charge >= 0.3 is 12.4 Å². The Morgan fingerprint density at radius 3 is 1.67 bits per heavy atom. The van der Waals surface area contributed by atoms with E-state index in [1.807, 2.05) is 34.6 Å². The summed E-state index contributed by atoms with van der Waals surface area (Å²) in [6.45, 7) is 9.66. The second kappa shape index (κ2) is 5.52. The summed E-state index contributed by atoms with van der Waals surface area (Å²) in [6, 6.07) is 0. The molecular formula is C17H26F6O. The Bertz CT molecular complexity index is 459. The van der Waals surface area contributed by atoms with Gasteiger partial charge in [0.1, 0.15) is 0 Å². The number of aliphatic hydroxyl groups is 1. The molecule has 0 aromatic rings. The van der Waals surface area contributed by atoms with Crippen LogP contribution in [0.4, 0.5) is 26.3 Å². The van der Waals surface area contributed by atoms with Crippen molar-refractivity contribution in [3.05, 3.63) is 0 Å². The molecule has 2 aliphatic rings. The third-order valence-electron chi connectivity index (χ3n) is 6.24. The Balaban J connectivity index is 2.47. The van der Waals surface area contributed by atoms with Gasteiger partial charge < -0.3 is 5.11 Å². The fourth-order valence-electron chi connectivity index (χ4n) is 5.67. The second-order valence-corrected chi connectivity index (χ2v) is 8.98. The van der Waals surface area contributed by atoms with Crippen LogP contribution < -0.4 is 0 Å². The highest BCUT2D eigenvalue weighted by Gasteiger charge is 2.77. The lowest BCUT2D eigenvalue weighted by Crippen LogP contribution is -2.64. The minimum absolute atomic E-state index is 0.0299. The summed E-state index contributed by atoms with van der Waals surface area (Å²) in [4.78, 5) is 0. The normalized spacial score (nSPS) is 35.1. The molecule has 0 radical (unpaired) electrons. The van der Waals surface area contributed by atoms with Gasteiger partial charge in [0.2, 0.25) is 0 Å². The average Bonchev–Trinajstić information content (AvgIpc) is 2.90. The maximum Gasteiger partial charge on any atom is 0.426 e. The van der Waals surface area contributed by atoms with Crippen molar-refractivity contribution in [2.24, 2.45) is 40.9 Å². The topological polar surface area (TPSA) is 20.2 Å². The fraction of sp³-hybridized carbons (Fsp3) is 1.00. The monoisotopic (exact) mass is 360 g/mol. The third-order valence-corrected chi connectivity index (χ3v) is 6.24. The van der Waals surface area contributed by atoms with E-state index in [2.05, 4.69) is 0 Å². The SMILES string of the molecule is CC(C)C1C2CC(CC2C(O)(C(F)(F)F)C(F)(F)F)C1C(C)(C)C. The Kier molecular flexibility index (Phi) is 4.56. The minimum atomic E-state index is -5.72. The number of halogens is 6. The minimum Gasteiger partial charge on any atom is -0.373 e. The van der Waals surface area contributed by atoms with Gasteiger partial charge in [0, 0.05) is 5.92 Å². The van der Waals surface area contributed by atoms with Crippen LogP contribution in [0.2, 0.25) is 0 Å². The van der Waals surface area contributed by atoms with Crippen molar-refractivity contribution in [1.29, 1.82) is 0 Å². The molecule has 2 saturated carbocycles. The summed E-state index contributed by atoms with van der Waals surface area (Å²) in [5, 5.41) is 9.84. The molecule has 24 heavy (non-hydrogen) atoms. The molecule has 5 atom stereocenters. The van der Waals surface area contributed by atoms with Crippen LogP contribution in [0.25, 0.3) is 0 Å². The van der Waals surface area contributed by atoms with Crippen LogP contribution in [0.15, 0.2) is 0 Å². The van der Waals surface area contributed by atoms with Crippen LogP contribution in [0, 0.1) is 40.9 Å². The average molecular weight is 360 g/mol. The van der Waals surface area contributed by atoms with Crippen molar-refractivity contribution in [2.45, 2.75) is 65.4 Å². The molecule has 0 heterocycles. The standard InChI is InChI=1S/C17H26F6O/c1-8(2)12-10-6-9(13(12)14(3,4)5)7-11(10)15(24,16(18,19)20)17(21,22)23/h8-13,24H,6-7H2,1-5H3. The maximum absolute atomic E-state index is 13.3. The Morgan fingerprint density at radius 1 is 0.875 bits per heavy atom. The quantitative estimate of drug-likeness (QED) is 0.651. The molecule has 2 bridgehead atoms. The van der Waals surface area contributed by atoms with E-state index in [1.165, 1.54) is 0 Å². The van der Waals surface area contributed by atoms with E-state index in [0.717, 1.165) is 0 Å². The first-order valence-corrected chi connectivity index (χ1v) is 8.39. The fourth-order valence-corrected chi connectivity index (χ4v) is 5.67. The Morgan fingerprint density at radius 2 is 1.33 bits per heavy atom. The summed E-state index contributed by atoms with van der Waals surface area (Å²) >= 11 is 0. The first kappa shape index (κ1) is 19.9. The lowest BCUT2D eigenvalue weighted by atomic mass is 9.58. The summed E-state index contributed by atoms with van der Waals surface area (Å²) in [7, 11) is 0. The van der Waals surface area contributed by atoms with Gasteiger partial charge in [-0.15, -0.1) is 0 Å². The van der Waals surface area contributed by atoms with Crippen molar-refractivity contribution >= 4 is 0 Å². The van der Waals surface area contributed by atoms with E-state index in [-0.39, 0.29) is 35.5 Å². The van der Waals surface area contributed by atoms with E-state index in [4.69, 9.17) is 0 Å². The van der Waals surface area contributed by atoms with E-state index < -0.39 is 29.8 Å². The largest absolute Gasteiger partial charge is 0.426 e. The lowest BCUT2D eigenvalue weighted by molar-refractivity contribution is -0.391. The van der Waals surface area contributed by atoms with Crippen LogP contribution >= 0.6 is 0 Å². The van der Waals surface area contributed by atoms with Crippen molar-refractivity contribution in [3.63, 3.8) is 0 Å². The smallest absolute Gasteiger partial charge is 0.373 e. The third kappa shape index (κ3) is 2.74. The van der Waals surface area contributed by atoms with Crippen molar-refractivity contribution in [2.75, 3.05) is 0 Å². The Labute approximate surface area is 138 Å². The predicted molar refractivity (Wildman–Crippen MR) is 78.0 cm³/mol. The molecule has 2 fully saturated rings. The number of hydrogen-bond donors (Lipinski definition) is 1. The molecule has 5 unspecified atom stereocenters. The van der Waals surface area contributed by atoms with Crippen molar-refractivity contribution < 1.29 is 31.4 Å². The van der Waals surface area contributed by atoms with Gasteiger partial charge in [-0.1, -0.05) is 34.6 Å². The Hall–Kier alpha value is -0.460. The number of hydrogen-bond acceptors (Lipinski definition) is 1. The van der Waals surface area contributed by atoms with Crippen LogP contribution in [0.3, 0.4) is 0 Å². The van der Waals surface area contributed by atoms with Crippen LogP contribution in [0.5, 0.6) is 0 Å². The number of rotatable bonds is 2. The summed E-state index contributed by atoms with van der Waals surface area (Å²) in [5.74, 6) is -2.98. The van der Waals surface area contributed by atoms with E-state index in [1.54, 1.807) is 0 Å². The molecule has 0 aromatic carbocycles. The van der Waals surface area contributed by atoms with Crippen LogP contribution in [0.1, 0.15) is 47.5 Å². The highest BCUT2D eigenvalue weighted by atomic mass is 19.4. The highest BCUT2D eigenvalue weighted by molar-refractivity contribution is 5.12. The summed E-state index contributed by atoms with van der Waals surface area (Å²) in [6.07, 6.45) is -11.3. The van der Waals surface area contributed by atoms with Crippen molar-refractivity contribution in [1.82, 2.24) is 0 Å². The first-order chi connectivity index (χ1) is 10.5.